The van der Waals surface area contributed by atoms with Gasteiger partial charge < -0.3 is 29.5 Å². The molecule has 0 saturated carbocycles. The summed E-state index contributed by atoms with van der Waals surface area (Å²) < 4.78 is 15.7. The molecule has 3 N–H and O–H groups in total. The predicted octanol–water partition coefficient (Wildman–Crippen LogP) is -0.0613. The van der Waals surface area contributed by atoms with Gasteiger partial charge >= 0.3 is 17.7 Å². The summed E-state index contributed by atoms with van der Waals surface area (Å²) in [5, 5.41) is 22.2. The third-order valence-electron chi connectivity index (χ3n) is 6.03. The number of hydrogen-bond donors (Lipinski definition) is 3. The number of carbonyl (C=O) groups is 4. The van der Waals surface area contributed by atoms with Crippen LogP contribution in [0, 0.1) is 0 Å². The Labute approximate surface area is 203 Å². The lowest BCUT2D eigenvalue weighted by Crippen LogP contribution is -2.42. The van der Waals surface area contributed by atoms with Crippen molar-refractivity contribution < 1.29 is 43.4 Å². The molecule has 4 rings (SSSR count). The molecule has 0 spiro atoms. The Bertz CT molecular complexity index is 1160. The lowest BCUT2D eigenvalue weighted by molar-refractivity contribution is -0.149. The van der Waals surface area contributed by atoms with Gasteiger partial charge in [-0.05, 0) is 37.8 Å². The smallest absolute Gasteiger partial charge is 0.439 e. The van der Waals surface area contributed by atoms with Gasteiger partial charge in [-0.15, -0.1) is 0 Å². The highest BCUT2D eigenvalue weighted by atomic mass is 16.5. The maximum atomic E-state index is 12.6. The van der Waals surface area contributed by atoms with Crippen molar-refractivity contribution >= 4 is 23.8 Å². The number of likely N-dealkylation sites (tertiary alicyclic amines) is 2. The van der Waals surface area contributed by atoms with Gasteiger partial charge in [-0.25, -0.2) is 14.4 Å². The molecule has 2 aliphatic heterocycles. The molecule has 14 nitrogen and oxygen atoms in total. The van der Waals surface area contributed by atoms with Gasteiger partial charge in [-0.2, -0.15) is 0 Å². The first-order valence-corrected chi connectivity index (χ1v) is 11.2. The fraction of sp³-hybridized carbons (Fsp3) is 0.455. The number of aromatic nitrogens is 2. The second-order valence-electron chi connectivity index (χ2n) is 8.38. The minimum atomic E-state index is -1.08. The normalized spacial score (nSPS) is 19.3. The van der Waals surface area contributed by atoms with Crippen molar-refractivity contribution in [2.45, 2.75) is 37.8 Å². The van der Waals surface area contributed by atoms with E-state index in [0.717, 1.165) is 0 Å². The van der Waals surface area contributed by atoms with Crippen molar-refractivity contribution in [3.05, 3.63) is 28.7 Å². The van der Waals surface area contributed by atoms with Gasteiger partial charge in [0.15, 0.2) is 19.0 Å². The van der Waals surface area contributed by atoms with Crippen molar-refractivity contribution in [1.82, 2.24) is 19.9 Å². The first-order chi connectivity index (χ1) is 17.2. The number of nitrogens with one attached hydrogen (secondary N) is 1. The quantitative estimate of drug-likeness (QED) is 0.414. The minimum Gasteiger partial charge on any atom is -0.484 e. The van der Waals surface area contributed by atoms with Crippen LogP contribution in [0.15, 0.2) is 27.5 Å². The van der Waals surface area contributed by atoms with Crippen LogP contribution in [0.25, 0.3) is 11.4 Å². The van der Waals surface area contributed by atoms with Crippen LogP contribution in [0.4, 0.5) is 0 Å². The summed E-state index contributed by atoms with van der Waals surface area (Å²) in [6, 6.07) is 2.50. The summed E-state index contributed by atoms with van der Waals surface area (Å²) in [6.07, 6.45) is 1.87. The Hall–Kier alpha value is -4.36. The van der Waals surface area contributed by atoms with Gasteiger partial charge in [-0.1, -0.05) is 5.16 Å². The van der Waals surface area contributed by atoms with Gasteiger partial charge in [0.1, 0.15) is 23.6 Å². The average Bonchev–Trinajstić information content (AvgIpc) is 3.61. The molecular weight excluding hydrogens is 480 g/mol. The number of carboxylic acids is 2. The summed E-state index contributed by atoms with van der Waals surface area (Å²) in [5.74, 6) is -3.68. The molecule has 1 aromatic carbocycles. The van der Waals surface area contributed by atoms with Crippen LogP contribution in [-0.4, -0.2) is 92.3 Å². The van der Waals surface area contributed by atoms with E-state index in [2.05, 4.69) is 14.7 Å². The van der Waals surface area contributed by atoms with Crippen LogP contribution < -0.4 is 15.2 Å². The van der Waals surface area contributed by atoms with Crippen molar-refractivity contribution in [2.24, 2.45) is 0 Å². The molecule has 2 amide bonds. The molecule has 2 atom stereocenters. The molecule has 0 bridgehead atoms. The third kappa shape index (κ3) is 5.47. The molecule has 0 aliphatic carbocycles. The molecule has 2 aliphatic rings. The second-order valence-corrected chi connectivity index (χ2v) is 8.38. The number of benzene rings is 1. The number of aromatic amines is 1. The Balaban J connectivity index is 1.48. The van der Waals surface area contributed by atoms with E-state index in [-0.39, 0.29) is 17.3 Å². The largest absolute Gasteiger partial charge is 0.484 e. The van der Waals surface area contributed by atoms with Crippen LogP contribution in [0.2, 0.25) is 0 Å². The monoisotopic (exact) mass is 504 g/mol. The highest BCUT2D eigenvalue weighted by Crippen LogP contribution is 2.29. The number of amides is 2. The molecule has 2 aromatic rings. The zero-order valence-corrected chi connectivity index (χ0v) is 19.0. The number of aliphatic carboxylic acids is 2. The molecule has 2 saturated heterocycles. The van der Waals surface area contributed by atoms with E-state index in [9.17, 15) is 34.2 Å². The molecule has 36 heavy (non-hydrogen) atoms. The first kappa shape index (κ1) is 24.8. The van der Waals surface area contributed by atoms with Crippen molar-refractivity contribution in [3.63, 3.8) is 0 Å². The number of H-pyrrole nitrogens is 1. The van der Waals surface area contributed by atoms with Crippen LogP contribution in [0.1, 0.15) is 25.7 Å². The van der Waals surface area contributed by atoms with E-state index >= 15 is 0 Å². The van der Waals surface area contributed by atoms with E-state index in [1.807, 2.05) is 0 Å². The highest BCUT2D eigenvalue weighted by Gasteiger charge is 2.35. The maximum Gasteiger partial charge on any atom is 0.439 e. The molecule has 14 heteroatoms. The van der Waals surface area contributed by atoms with E-state index in [1.165, 1.54) is 28.0 Å². The summed E-state index contributed by atoms with van der Waals surface area (Å²) in [4.78, 5) is 64.1. The fourth-order valence-electron chi connectivity index (χ4n) is 4.33. The predicted molar refractivity (Wildman–Crippen MR) is 118 cm³/mol. The zero-order valence-electron chi connectivity index (χ0n) is 19.0. The first-order valence-electron chi connectivity index (χ1n) is 11.2. The molecule has 2 fully saturated rings. The standard InChI is InChI=1S/C22H24N4O10/c27-17(25-5-1-3-15(25)20(29)30)10-34-13-7-12(19-23-22(33)36-24-19)8-14(9-13)35-11-18(28)26-6-2-4-16(26)21(31)32/h7-9,15-16H,1-6,10-11H2,(H,29,30)(H,31,32)(H,23,24,33)/t15-,16-/m1/s1. The van der Waals surface area contributed by atoms with Gasteiger partial charge in [0.25, 0.3) is 11.8 Å². The van der Waals surface area contributed by atoms with Crippen LogP contribution in [0.5, 0.6) is 11.5 Å². The second kappa shape index (κ2) is 10.5. The van der Waals surface area contributed by atoms with E-state index in [4.69, 9.17) is 9.47 Å². The Morgan fingerprint density at radius 1 is 0.917 bits per heavy atom. The van der Waals surface area contributed by atoms with E-state index in [0.29, 0.717) is 44.3 Å². The zero-order chi connectivity index (χ0) is 25.8. The van der Waals surface area contributed by atoms with Gasteiger partial charge in [0.05, 0.1) is 0 Å². The molecule has 0 radical (unpaired) electrons. The summed E-state index contributed by atoms with van der Waals surface area (Å²) in [7, 11) is 0. The number of carboxylic acid groups (broad SMARTS) is 2. The summed E-state index contributed by atoms with van der Waals surface area (Å²) in [5.41, 5.74) is 0.294. The Morgan fingerprint density at radius 2 is 1.42 bits per heavy atom. The van der Waals surface area contributed by atoms with Crippen LogP contribution in [0.3, 0.4) is 0 Å². The molecular formula is C22H24N4O10. The Kier molecular flexibility index (Phi) is 7.22. The topological polar surface area (TPSA) is 193 Å². The van der Waals surface area contributed by atoms with Crippen molar-refractivity contribution in [2.75, 3.05) is 26.3 Å². The third-order valence-corrected chi connectivity index (χ3v) is 6.03. The SMILES string of the molecule is O=C(O)[C@H]1CCCN1C(=O)COc1cc(OCC(=O)N2CCC[C@@H]2C(=O)O)cc(-c2noc(=O)[nH]2)c1. The van der Waals surface area contributed by atoms with Gasteiger partial charge in [0.2, 0.25) is 0 Å². The maximum absolute atomic E-state index is 12.6. The van der Waals surface area contributed by atoms with Crippen LogP contribution >= 0.6 is 0 Å². The van der Waals surface area contributed by atoms with Crippen molar-refractivity contribution in [1.29, 1.82) is 0 Å². The summed E-state index contributed by atoms with van der Waals surface area (Å²) >= 11 is 0. The number of nitrogens with zero attached hydrogens (tertiary/aromatic N) is 3. The molecule has 0 unspecified atom stereocenters. The Morgan fingerprint density at radius 3 is 1.83 bits per heavy atom. The number of hydrogen-bond acceptors (Lipinski definition) is 9. The molecule has 3 heterocycles. The highest BCUT2D eigenvalue weighted by molar-refractivity contribution is 5.86. The van der Waals surface area contributed by atoms with E-state index in [1.54, 1.807) is 0 Å². The average molecular weight is 504 g/mol. The van der Waals surface area contributed by atoms with Gasteiger partial charge in [0, 0.05) is 24.7 Å². The minimum absolute atomic E-state index is 0.0453. The van der Waals surface area contributed by atoms with Gasteiger partial charge in [-0.3, -0.25) is 19.1 Å². The summed E-state index contributed by atoms with van der Waals surface area (Å²) in [6.45, 7) is -0.280. The van der Waals surface area contributed by atoms with Crippen molar-refractivity contribution in [3.8, 4) is 22.9 Å². The lowest BCUT2D eigenvalue weighted by Gasteiger charge is -2.22. The van der Waals surface area contributed by atoms with Crippen LogP contribution in [-0.2, 0) is 19.2 Å². The fourth-order valence-corrected chi connectivity index (χ4v) is 4.33. The number of rotatable bonds is 9. The van der Waals surface area contributed by atoms with E-state index < -0.39 is 54.8 Å². The molecule has 192 valence electrons. The number of carbonyl (C=O) groups excluding carboxylic acids is 2. The molecule has 1 aromatic heterocycles. The number of ether oxygens (including phenoxy) is 2. The lowest BCUT2D eigenvalue weighted by atomic mass is 10.2.